The second kappa shape index (κ2) is 7.90. The summed E-state index contributed by atoms with van der Waals surface area (Å²) in [6.45, 7) is 3.21. The smallest absolute Gasteiger partial charge is 0.254 e. The molecule has 1 heterocycles. The quantitative estimate of drug-likeness (QED) is 0.670. The number of carbonyl (C=O) groups excluding carboxylic acids is 1. The van der Waals surface area contributed by atoms with Crippen LogP contribution in [0.2, 0.25) is 0 Å². The minimum absolute atomic E-state index is 0.132. The van der Waals surface area contributed by atoms with Crippen molar-refractivity contribution in [3.63, 3.8) is 0 Å². The zero-order valence-corrected chi connectivity index (χ0v) is 13.7. The molecule has 0 bridgehead atoms. The van der Waals surface area contributed by atoms with Crippen molar-refractivity contribution in [2.75, 3.05) is 40.0 Å². The second-order valence-corrected chi connectivity index (χ2v) is 5.58. The van der Waals surface area contributed by atoms with Crippen LogP contribution in [0.5, 0.6) is 5.75 Å². The largest absolute Gasteiger partial charge is 0.496 e. The van der Waals surface area contributed by atoms with E-state index in [-0.39, 0.29) is 5.91 Å². The Bertz CT molecular complexity index is 739. The Morgan fingerprint density at radius 3 is 2.88 bits per heavy atom. The van der Waals surface area contributed by atoms with Gasteiger partial charge in [-0.3, -0.25) is 9.69 Å². The number of hydrogen-bond donors (Lipinski definition) is 1. The lowest BCUT2D eigenvalue weighted by Crippen LogP contribution is -2.42. The molecule has 0 unspecified atom stereocenters. The number of ether oxygens (including phenoxy) is 2. The predicted molar refractivity (Wildman–Crippen MR) is 93.5 cm³/mol. The van der Waals surface area contributed by atoms with Gasteiger partial charge in [-0.1, -0.05) is 30.3 Å². The molecule has 1 saturated heterocycles. The molecular weight excluding hydrogens is 306 g/mol. The van der Waals surface area contributed by atoms with Crippen LogP contribution in [-0.2, 0) is 9.53 Å². The summed E-state index contributed by atoms with van der Waals surface area (Å²) in [6.07, 6.45) is 1.64. The van der Waals surface area contributed by atoms with Gasteiger partial charge in [0, 0.05) is 18.7 Å². The molecule has 0 radical (unpaired) electrons. The van der Waals surface area contributed by atoms with Crippen LogP contribution in [0.15, 0.2) is 41.5 Å². The Morgan fingerprint density at radius 1 is 1.29 bits per heavy atom. The average Bonchev–Trinajstić information content (AvgIpc) is 2.62. The van der Waals surface area contributed by atoms with Crippen molar-refractivity contribution in [2.24, 2.45) is 5.10 Å². The lowest BCUT2D eigenvalue weighted by atomic mass is 10.0. The number of nitrogens with one attached hydrogen (secondary N) is 1. The van der Waals surface area contributed by atoms with Crippen LogP contribution in [0, 0.1) is 0 Å². The molecule has 3 rings (SSSR count). The van der Waals surface area contributed by atoms with Crippen LogP contribution < -0.4 is 10.2 Å². The highest BCUT2D eigenvalue weighted by molar-refractivity contribution is 6.02. The summed E-state index contributed by atoms with van der Waals surface area (Å²) < 4.78 is 10.7. The van der Waals surface area contributed by atoms with Crippen molar-refractivity contribution < 1.29 is 14.3 Å². The highest BCUT2D eigenvalue weighted by Gasteiger charge is 2.13. The van der Waals surface area contributed by atoms with Gasteiger partial charge in [0.25, 0.3) is 5.91 Å². The number of nitrogens with zero attached hydrogens (tertiary/aromatic N) is 2. The van der Waals surface area contributed by atoms with E-state index in [9.17, 15) is 4.79 Å². The molecule has 24 heavy (non-hydrogen) atoms. The zero-order valence-electron chi connectivity index (χ0n) is 13.7. The first-order valence-corrected chi connectivity index (χ1v) is 7.95. The van der Waals surface area contributed by atoms with Crippen molar-refractivity contribution in [2.45, 2.75) is 0 Å². The molecule has 1 fully saturated rings. The molecule has 6 heteroatoms. The maximum atomic E-state index is 12.0. The van der Waals surface area contributed by atoms with Crippen molar-refractivity contribution in [3.05, 3.63) is 42.0 Å². The predicted octanol–water partition coefficient (Wildman–Crippen LogP) is 1.63. The number of fused-ring (bicyclic) bond motifs is 1. The van der Waals surface area contributed by atoms with Gasteiger partial charge in [0.15, 0.2) is 0 Å². The summed E-state index contributed by atoms with van der Waals surface area (Å²) in [5, 5.41) is 6.23. The number of hydrazone groups is 1. The first kappa shape index (κ1) is 16.4. The third kappa shape index (κ3) is 3.90. The number of carbonyl (C=O) groups is 1. The second-order valence-electron chi connectivity index (χ2n) is 5.58. The fourth-order valence-electron chi connectivity index (χ4n) is 2.75. The summed E-state index contributed by atoms with van der Waals surface area (Å²) in [7, 11) is 1.62. The Hall–Kier alpha value is -2.44. The van der Waals surface area contributed by atoms with Crippen LogP contribution >= 0.6 is 0 Å². The molecule has 1 amide bonds. The van der Waals surface area contributed by atoms with E-state index in [0.29, 0.717) is 19.8 Å². The Balaban J connectivity index is 1.69. The number of benzene rings is 2. The summed E-state index contributed by atoms with van der Waals surface area (Å²) in [5.41, 5.74) is 3.44. The highest BCUT2D eigenvalue weighted by atomic mass is 16.5. The molecule has 6 nitrogen and oxygen atoms in total. The summed E-state index contributed by atoms with van der Waals surface area (Å²) in [5.74, 6) is 0.590. The lowest BCUT2D eigenvalue weighted by molar-refractivity contribution is -0.123. The van der Waals surface area contributed by atoms with Crippen LogP contribution in [0.25, 0.3) is 10.8 Å². The Labute approximate surface area is 141 Å². The van der Waals surface area contributed by atoms with Crippen LogP contribution in [0.4, 0.5) is 0 Å². The maximum Gasteiger partial charge on any atom is 0.254 e. The van der Waals surface area contributed by atoms with E-state index in [4.69, 9.17) is 9.47 Å². The molecule has 1 aliphatic rings. The van der Waals surface area contributed by atoms with Gasteiger partial charge in [-0.2, -0.15) is 5.10 Å². The highest BCUT2D eigenvalue weighted by Crippen LogP contribution is 2.26. The van der Waals surface area contributed by atoms with Crippen molar-refractivity contribution in [3.8, 4) is 5.75 Å². The van der Waals surface area contributed by atoms with Gasteiger partial charge in [0.1, 0.15) is 5.75 Å². The molecule has 1 aliphatic heterocycles. The average molecular weight is 327 g/mol. The number of rotatable bonds is 5. The van der Waals surface area contributed by atoms with Crippen LogP contribution in [-0.4, -0.2) is 57.0 Å². The minimum atomic E-state index is -0.132. The third-order valence-electron chi connectivity index (χ3n) is 4.00. The van der Waals surface area contributed by atoms with E-state index in [1.54, 1.807) is 13.3 Å². The van der Waals surface area contributed by atoms with Crippen molar-refractivity contribution >= 4 is 22.9 Å². The molecule has 0 saturated carbocycles. The molecule has 126 valence electrons. The van der Waals surface area contributed by atoms with E-state index in [0.717, 1.165) is 35.2 Å². The summed E-state index contributed by atoms with van der Waals surface area (Å²) in [4.78, 5) is 14.0. The third-order valence-corrected chi connectivity index (χ3v) is 4.00. The molecular formula is C18H21N3O3. The normalized spacial score (nSPS) is 15.7. The fraction of sp³-hybridized carbons (Fsp3) is 0.333. The monoisotopic (exact) mass is 327 g/mol. The standard InChI is InChI=1S/C18H21N3O3/c1-23-17-7-6-14-4-2-3-5-15(14)16(17)12-19-20-18(22)13-21-8-10-24-11-9-21/h2-7,12H,8-11,13H2,1H3,(H,20,22)/b19-12+. The lowest BCUT2D eigenvalue weighted by Gasteiger charge is -2.25. The Morgan fingerprint density at radius 2 is 2.08 bits per heavy atom. The van der Waals surface area contributed by atoms with E-state index in [1.165, 1.54) is 0 Å². The first-order valence-electron chi connectivity index (χ1n) is 7.95. The molecule has 0 aliphatic carbocycles. The first-order chi connectivity index (χ1) is 11.8. The van der Waals surface area contributed by atoms with Gasteiger partial charge in [-0.25, -0.2) is 5.43 Å². The molecule has 1 N–H and O–H groups in total. The Kier molecular flexibility index (Phi) is 5.40. The molecule has 2 aromatic rings. The number of hydrogen-bond acceptors (Lipinski definition) is 5. The van der Waals surface area contributed by atoms with Crippen molar-refractivity contribution in [1.82, 2.24) is 10.3 Å². The topological polar surface area (TPSA) is 63.2 Å². The molecule has 0 spiro atoms. The molecule has 2 aromatic carbocycles. The number of morpholine rings is 1. The maximum absolute atomic E-state index is 12.0. The van der Waals surface area contributed by atoms with E-state index < -0.39 is 0 Å². The van der Waals surface area contributed by atoms with Crippen molar-refractivity contribution in [1.29, 1.82) is 0 Å². The molecule has 0 aromatic heterocycles. The number of amides is 1. The van der Waals surface area contributed by atoms with E-state index in [1.807, 2.05) is 41.3 Å². The SMILES string of the molecule is COc1ccc2ccccc2c1/C=N/NC(=O)CN1CCOCC1. The van der Waals surface area contributed by atoms with Crippen LogP contribution in [0.1, 0.15) is 5.56 Å². The van der Waals surface area contributed by atoms with Gasteiger partial charge in [0.05, 0.1) is 33.1 Å². The van der Waals surface area contributed by atoms with Gasteiger partial charge in [-0.15, -0.1) is 0 Å². The fourth-order valence-corrected chi connectivity index (χ4v) is 2.75. The van der Waals surface area contributed by atoms with Gasteiger partial charge >= 0.3 is 0 Å². The summed E-state index contributed by atoms with van der Waals surface area (Å²) >= 11 is 0. The number of methoxy groups -OCH3 is 1. The molecule has 0 atom stereocenters. The van der Waals surface area contributed by atoms with Gasteiger partial charge < -0.3 is 9.47 Å². The van der Waals surface area contributed by atoms with Crippen LogP contribution in [0.3, 0.4) is 0 Å². The zero-order chi connectivity index (χ0) is 16.8. The van der Waals surface area contributed by atoms with E-state index in [2.05, 4.69) is 10.5 Å². The summed E-state index contributed by atoms with van der Waals surface area (Å²) in [6, 6.07) is 11.9. The van der Waals surface area contributed by atoms with Gasteiger partial charge in [-0.05, 0) is 16.8 Å². The van der Waals surface area contributed by atoms with E-state index >= 15 is 0 Å². The van der Waals surface area contributed by atoms with Gasteiger partial charge in [0.2, 0.25) is 0 Å². The minimum Gasteiger partial charge on any atom is -0.496 e.